The molecular formula is C15H16N2O5. The standard InChI is InChI=1S/C15H16N2O5/c1-8-13(18)16-10-5-2-4-9(12(10)22-8)14(19)17-7-3-6-11(17)15(20)21/h2,4-5,8,11H,3,6-7H2,1H3,(H,16,18)(H,20,21)/t8?,11-/m1/s1. The minimum atomic E-state index is -1.00. The van der Waals surface area contributed by atoms with Crippen LogP contribution < -0.4 is 10.1 Å². The third kappa shape index (κ3) is 2.28. The van der Waals surface area contributed by atoms with Gasteiger partial charge in [0.25, 0.3) is 11.8 Å². The van der Waals surface area contributed by atoms with E-state index in [0.717, 1.165) is 0 Å². The first-order valence-corrected chi connectivity index (χ1v) is 7.13. The maximum absolute atomic E-state index is 12.7. The van der Waals surface area contributed by atoms with Crippen LogP contribution in [0.15, 0.2) is 18.2 Å². The van der Waals surface area contributed by atoms with Crippen LogP contribution in [0, 0.1) is 0 Å². The molecule has 7 heteroatoms. The normalized spacial score (nSPS) is 23.5. The van der Waals surface area contributed by atoms with Crippen LogP contribution in [-0.4, -0.2) is 46.5 Å². The Balaban J connectivity index is 1.96. The number of para-hydroxylation sites is 1. The second-order valence-electron chi connectivity index (χ2n) is 5.43. The van der Waals surface area contributed by atoms with E-state index in [-0.39, 0.29) is 17.4 Å². The largest absolute Gasteiger partial charge is 0.480 e. The summed E-state index contributed by atoms with van der Waals surface area (Å²) in [5.41, 5.74) is 0.706. The Bertz CT molecular complexity index is 657. The number of likely N-dealkylation sites (tertiary alicyclic amines) is 1. The molecule has 2 amide bonds. The van der Waals surface area contributed by atoms with Crippen molar-refractivity contribution in [3.05, 3.63) is 23.8 Å². The quantitative estimate of drug-likeness (QED) is 0.853. The van der Waals surface area contributed by atoms with Crippen LogP contribution in [0.3, 0.4) is 0 Å². The number of rotatable bonds is 2. The van der Waals surface area contributed by atoms with E-state index < -0.39 is 18.1 Å². The molecule has 2 aliphatic rings. The Hall–Kier alpha value is -2.57. The highest BCUT2D eigenvalue weighted by Gasteiger charge is 2.37. The number of amides is 2. The smallest absolute Gasteiger partial charge is 0.326 e. The highest BCUT2D eigenvalue weighted by Crippen LogP contribution is 2.35. The van der Waals surface area contributed by atoms with Gasteiger partial charge in [-0.1, -0.05) is 6.07 Å². The van der Waals surface area contributed by atoms with Crippen LogP contribution >= 0.6 is 0 Å². The molecule has 3 rings (SSSR count). The van der Waals surface area contributed by atoms with Gasteiger partial charge in [-0.15, -0.1) is 0 Å². The van der Waals surface area contributed by atoms with E-state index in [2.05, 4.69) is 5.32 Å². The van der Waals surface area contributed by atoms with E-state index in [1.54, 1.807) is 25.1 Å². The number of carboxylic acid groups (broad SMARTS) is 1. The third-order valence-corrected chi connectivity index (χ3v) is 3.97. The van der Waals surface area contributed by atoms with Crippen molar-refractivity contribution in [3.8, 4) is 5.75 Å². The first-order valence-electron chi connectivity index (χ1n) is 7.13. The summed E-state index contributed by atoms with van der Waals surface area (Å²) in [6, 6.07) is 4.06. The fourth-order valence-corrected chi connectivity index (χ4v) is 2.82. The Kier molecular flexibility index (Phi) is 3.48. The van der Waals surface area contributed by atoms with Gasteiger partial charge in [0.1, 0.15) is 6.04 Å². The monoisotopic (exact) mass is 304 g/mol. The number of hydrogen-bond acceptors (Lipinski definition) is 4. The van der Waals surface area contributed by atoms with Crippen molar-refractivity contribution >= 4 is 23.5 Å². The second-order valence-corrected chi connectivity index (χ2v) is 5.43. The summed E-state index contributed by atoms with van der Waals surface area (Å²) >= 11 is 0. The second kappa shape index (κ2) is 5.32. The molecule has 0 radical (unpaired) electrons. The Morgan fingerprint density at radius 3 is 2.91 bits per heavy atom. The summed E-state index contributed by atoms with van der Waals surface area (Å²) in [7, 11) is 0. The number of carboxylic acids is 1. The van der Waals surface area contributed by atoms with Gasteiger partial charge in [0, 0.05) is 6.54 Å². The highest BCUT2D eigenvalue weighted by atomic mass is 16.5. The fourth-order valence-electron chi connectivity index (χ4n) is 2.82. The first-order chi connectivity index (χ1) is 10.5. The van der Waals surface area contributed by atoms with Crippen LogP contribution in [0.5, 0.6) is 5.75 Å². The average molecular weight is 304 g/mol. The van der Waals surface area contributed by atoms with Gasteiger partial charge >= 0.3 is 5.97 Å². The lowest BCUT2D eigenvalue weighted by Crippen LogP contribution is -2.41. The van der Waals surface area contributed by atoms with Crippen molar-refractivity contribution in [1.29, 1.82) is 0 Å². The molecule has 2 aliphatic heterocycles. The molecule has 2 heterocycles. The van der Waals surface area contributed by atoms with Gasteiger partial charge in [0.05, 0.1) is 11.3 Å². The summed E-state index contributed by atoms with van der Waals surface area (Å²) in [4.78, 5) is 36.9. The number of nitrogens with one attached hydrogen (secondary N) is 1. The molecule has 0 aromatic heterocycles. The van der Waals surface area contributed by atoms with E-state index in [4.69, 9.17) is 4.74 Å². The number of ether oxygens (including phenoxy) is 1. The topological polar surface area (TPSA) is 95.9 Å². The Morgan fingerprint density at radius 2 is 2.18 bits per heavy atom. The molecule has 2 atom stereocenters. The SMILES string of the molecule is CC1Oc2c(cccc2C(=O)N2CCC[C@@H]2C(=O)O)NC1=O. The molecule has 1 aromatic rings. The first kappa shape index (κ1) is 14.4. The van der Waals surface area contributed by atoms with E-state index in [0.29, 0.717) is 30.8 Å². The Morgan fingerprint density at radius 1 is 1.41 bits per heavy atom. The van der Waals surface area contributed by atoms with Crippen molar-refractivity contribution in [2.45, 2.75) is 31.9 Å². The van der Waals surface area contributed by atoms with Crippen molar-refractivity contribution in [2.75, 3.05) is 11.9 Å². The maximum atomic E-state index is 12.7. The summed E-state index contributed by atoms with van der Waals surface area (Å²) in [5, 5.41) is 11.9. The molecular weight excluding hydrogens is 288 g/mol. The van der Waals surface area contributed by atoms with E-state index >= 15 is 0 Å². The lowest BCUT2D eigenvalue weighted by molar-refractivity contribution is -0.141. The van der Waals surface area contributed by atoms with Gasteiger partial charge in [0.15, 0.2) is 11.9 Å². The number of carbonyl (C=O) groups excluding carboxylic acids is 2. The van der Waals surface area contributed by atoms with Crippen molar-refractivity contribution < 1.29 is 24.2 Å². The number of benzene rings is 1. The zero-order chi connectivity index (χ0) is 15.9. The summed E-state index contributed by atoms with van der Waals surface area (Å²) in [6.07, 6.45) is 0.408. The lowest BCUT2D eigenvalue weighted by Gasteiger charge is -2.27. The minimum Gasteiger partial charge on any atom is -0.480 e. The van der Waals surface area contributed by atoms with Crippen LogP contribution in [-0.2, 0) is 9.59 Å². The molecule has 0 bridgehead atoms. The zero-order valence-corrected chi connectivity index (χ0v) is 12.0. The molecule has 0 saturated carbocycles. The average Bonchev–Trinajstić information content (AvgIpc) is 2.97. The molecule has 116 valence electrons. The van der Waals surface area contributed by atoms with Crippen LogP contribution in [0.4, 0.5) is 5.69 Å². The van der Waals surface area contributed by atoms with Gasteiger partial charge in [-0.3, -0.25) is 9.59 Å². The van der Waals surface area contributed by atoms with E-state index in [1.165, 1.54) is 4.90 Å². The van der Waals surface area contributed by atoms with Crippen LogP contribution in [0.2, 0.25) is 0 Å². The van der Waals surface area contributed by atoms with E-state index in [9.17, 15) is 19.5 Å². The minimum absolute atomic E-state index is 0.275. The number of fused-ring (bicyclic) bond motifs is 1. The van der Waals surface area contributed by atoms with Crippen molar-refractivity contribution in [1.82, 2.24) is 4.90 Å². The maximum Gasteiger partial charge on any atom is 0.326 e. The molecule has 0 aliphatic carbocycles. The van der Waals surface area contributed by atoms with Crippen LogP contribution in [0.25, 0.3) is 0 Å². The number of carbonyl (C=O) groups is 3. The number of nitrogens with zero attached hydrogens (tertiary/aromatic N) is 1. The van der Waals surface area contributed by atoms with Gasteiger partial charge in [-0.05, 0) is 31.9 Å². The molecule has 7 nitrogen and oxygen atoms in total. The molecule has 1 unspecified atom stereocenters. The molecule has 1 saturated heterocycles. The number of aliphatic carboxylic acids is 1. The van der Waals surface area contributed by atoms with Gasteiger partial charge < -0.3 is 20.1 Å². The summed E-state index contributed by atoms with van der Waals surface area (Å²) in [5.74, 6) is -1.36. The molecule has 22 heavy (non-hydrogen) atoms. The highest BCUT2D eigenvalue weighted by molar-refractivity contribution is 6.04. The molecule has 1 fully saturated rings. The Labute approximate surface area is 126 Å². The lowest BCUT2D eigenvalue weighted by atomic mass is 10.1. The summed E-state index contributed by atoms with van der Waals surface area (Å²) < 4.78 is 5.54. The van der Waals surface area contributed by atoms with Gasteiger partial charge in [0.2, 0.25) is 0 Å². The predicted molar refractivity (Wildman–Crippen MR) is 76.9 cm³/mol. The van der Waals surface area contributed by atoms with Gasteiger partial charge in [-0.2, -0.15) is 0 Å². The van der Waals surface area contributed by atoms with Gasteiger partial charge in [-0.25, -0.2) is 4.79 Å². The van der Waals surface area contributed by atoms with E-state index in [1.807, 2.05) is 0 Å². The number of anilines is 1. The fraction of sp³-hybridized carbons (Fsp3) is 0.400. The zero-order valence-electron chi connectivity index (χ0n) is 12.0. The molecule has 1 aromatic carbocycles. The number of hydrogen-bond donors (Lipinski definition) is 2. The third-order valence-electron chi connectivity index (χ3n) is 3.97. The van der Waals surface area contributed by atoms with Crippen molar-refractivity contribution in [2.24, 2.45) is 0 Å². The molecule has 0 spiro atoms. The summed E-state index contributed by atoms with van der Waals surface area (Å²) in [6.45, 7) is 2.00. The van der Waals surface area contributed by atoms with Crippen molar-refractivity contribution in [3.63, 3.8) is 0 Å². The molecule has 2 N–H and O–H groups in total. The van der Waals surface area contributed by atoms with Crippen LogP contribution in [0.1, 0.15) is 30.1 Å². The predicted octanol–water partition coefficient (Wildman–Crippen LogP) is 1.10.